The van der Waals surface area contributed by atoms with Gasteiger partial charge in [0.1, 0.15) is 5.82 Å². The lowest BCUT2D eigenvalue weighted by Crippen LogP contribution is -2.23. The van der Waals surface area contributed by atoms with Crippen molar-refractivity contribution >= 4 is 42.2 Å². The highest BCUT2D eigenvalue weighted by atomic mass is 35.5. The van der Waals surface area contributed by atoms with Gasteiger partial charge in [0.2, 0.25) is 0 Å². The minimum absolute atomic E-state index is 0. The van der Waals surface area contributed by atoms with Crippen LogP contribution in [0.2, 0.25) is 0 Å². The molecule has 0 aliphatic carbocycles. The van der Waals surface area contributed by atoms with E-state index in [1.54, 1.807) is 30.5 Å². The minimum atomic E-state index is -0.119. The predicted octanol–water partition coefficient (Wildman–Crippen LogP) is 3.04. The summed E-state index contributed by atoms with van der Waals surface area (Å²) >= 11 is 0. The number of nitrogens with zero attached hydrogens (tertiary/aromatic N) is 2. The second-order valence-electron chi connectivity index (χ2n) is 5.52. The van der Waals surface area contributed by atoms with Gasteiger partial charge in [-0.2, -0.15) is 0 Å². The molecule has 1 saturated heterocycles. The van der Waals surface area contributed by atoms with E-state index in [1.807, 2.05) is 12.1 Å². The van der Waals surface area contributed by atoms with Crippen LogP contribution in [0.25, 0.3) is 0 Å². The van der Waals surface area contributed by atoms with Crippen molar-refractivity contribution in [2.45, 2.75) is 19.4 Å². The molecule has 5 nitrogen and oxygen atoms in total. The molecule has 1 fully saturated rings. The summed E-state index contributed by atoms with van der Waals surface area (Å²) in [7, 11) is 0. The second-order valence-corrected chi connectivity index (χ2v) is 5.52. The summed E-state index contributed by atoms with van der Waals surface area (Å²) in [6, 6.07) is 11.0. The number of rotatable bonds is 4. The van der Waals surface area contributed by atoms with Crippen LogP contribution in [-0.2, 0) is 6.54 Å². The van der Waals surface area contributed by atoms with Crippen LogP contribution >= 0.6 is 24.8 Å². The standard InChI is InChI=1S/C17H20N4O.2ClH/c18-15-5-3-4-14(11-15)17(22)20-12-13-6-7-19-16(10-13)21-8-1-2-9-21;;/h3-7,10-11H,1-2,8-9,12,18H2,(H,20,22);2*1H. The summed E-state index contributed by atoms with van der Waals surface area (Å²) in [5, 5.41) is 2.92. The van der Waals surface area contributed by atoms with Crippen LogP contribution in [0.1, 0.15) is 28.8 Å². The van der Waals surface area contributed by atoms with Gasteiger partial charge >= 0.3 is 0 Å². The topological polar surface area (TPSA) is 71.2 Å². The number of anilines is 2. The zero-order chi connectivity index (χ0) is 15.4. The average molecular weight is 369 g/mol. The molecular weight excluding hydrogens is 347 g/mol. The smallest absolute Gasteiger partial charge is 0.251 e. The molecule has 0 spiro atoms. The molecule has 0 radical (unpaired) electrons. The Kier molecular flexibility index (Phi) is 7.82. The summed E-state index contributed by atoms with van der Waals surface area (Å²) < 4.78 is 0. The number of carbonyl (C=O) groups is 1. The Morgan fingerprint density at radius 3 is 2.62 bits per heavy atom. The Labute approximate surface area is 154 Å². The maximum Gasteiger partial charge on any atom is 0.251 e. The summed E-state index contributed by atoms with van der Waals surface area (Å²) in [6.07, 6.45) is 4.24. The Morgan fingerprint density at radius 1 is 1.17 bits per heavy atom. The molecule has 0 saturated carbocycles. The van der Waals surface area contributed by atoms with Crippen LogP contribution in [0.5, 0.6) is 0 Å². The second kappa shape index (κ2) is 9.35. The van der Waals surface area contributed by atoms with E-state index in [1.165, 1.54) is 12.8 Å². The number of nitrogens with two attached hydrogens (primary N) is 1. The van der Waals surface area contributed by atoms with Gasteiger partial charge in [0, 0.05) is 37.1 Å². The van der Waals surface area contributed by atoms with E-state index in [2.05, 4.69) is 15.2 Å². The molecule has 130 valence electrons. The fourth-order valence-corrected chi connectivity index (χ4v) is 2.65. The Hall–Kier alpha value is -1.98. The molecule has 1 aliphatic heterocycles. The molecule has 0 bridgehead atoms. The Morgan fingerprint density at radius 2 is 1.92 bits per heavy atom. The summed E-state index contributed by atoms with van der Waals surface area (Å²) in [4.78, 5) is 18.8. The van der Waals surface area contributed by atoms with E-state index in [-0.39, 0.29) is 30.7 Å². The molecule has 3 N–H and O–H groups in total. The number of carbonyl (C=O) groups excluding carboxylic acids is 1. The lowest BCUT2D eigenvalue weighted by Gasteiger charge is -2.17. The summed E-state index contributed by atoms with van der Waals surface area (Å²) in [5.41, 5.74) is 7.92. The molecule has 1 aromatic heterocycles. The van der Waals surface area contributed by atoms with Gasteiger partial charge < -0.3 is 16.0 Å². The van der Waals surface area contributed by atoms with Gasteiger partial charge in [-0.25, -0.2) is 4.98 Å². The van der Waals surface area contributed by atoms with Gasteiger partial charge in [-0.05, 0) is 48.7 Å². The van der Waals surface area contributed by atoms with E-state index < -0.39 is 0 Å². The van der Waals surface area contributed by atoms with Crippen molar-refractivity contribution in [2.75, 3.05) is 23.7 Å². The van der Waals surface area contributed by atoms with Crippen LogP contribution in [-0.4, -0.2) is 24.0 Å². The number of amides is 1. The molecule has 0 unspecified atom stereocenters. The number of pyridine rings is 1. The zero-order valence-electron chi connectivity index (χ0n) is 13.3. The predicted molar refractivity (Wildman–Crippen MR) is 102 cm³/mol. The Bertz CT molecular complexity index is 675. The number of aromatic nitrogens is 1. The van der Waals surface area contributed by atoms with E-state index >= 15 is 0 Å². The third-order valence-corrected chi connectivity index (χ3v) is 3.84. The van der Waals surface area contributed by atoms with Crippen LogP contribution in [0.3, 0.4) is 0 Å². The SMILES string of the molecule is Cl.Cl.Nc1cccc(C(=O)NCc2ccnc(N3CCCC3)c2)c1. The van der Waals surface area contributed by atoms with Gasteiger partial charge in [-0.3, -0.25) is 4.79 Å². The minimum Gasteiger partial charge on any atom is -0.399 e. The van der Waals surface area contributed by atoms with Crippen molar-refractivity contribution in [3.05, 3.63) is 53.7 Å². The van der Waals surface area contributed by atoms with E-state index in [9.17, 15) is 4.79 Å². The molecule has 2 heterocycles. The molecule has 7 heteroatoms. The zero-order valence-corrected chi connectivity index (χ0v) is 14.9. The molecular formula is C17H22Cl2N4O. The quantitative estimate of drug-likeness (QED) is 0.813. The molecule has 3 rings (SSSR count). The fraction of sp³-hybridized carbons (Fsp3) is 0.294. The van der Waals surface area contributed by atoms with E-state index in [4.69, 9.17) is 5.73 Å². The van der Waals surface area contributed by atoms with Crippen molar-refractivity contribution in [3.63, 3.8) is 0 Å². The highest BCUT2D eigenvalue weighted by Crippen LogP contribution is 2.18. The number of nitrogen functional groups attached to an aromatic ring is 1. The first kappa shape index (κ1) is 20.1. The maximum absolute atomic E-state index is 12.1. The lowest BCUT2D eigenvalue weighted by molar-refractivity contribution is 0.0951. The average Bonchev–Trinajstić information content (AvgIpc) is 3.07. The van der Waals surface area contributed by atoms with Crippen LogP contribution in [0, 0.1) is 0 Å². The molecule has 0 atom stereocenters. The maximum atomic E-state index is 12.1. The van der Waals surface area contributed by atoms with Gasteiger partial charge in [0.05, 0.1) is 0 Å². The summed E-state index contributed by atoms with van der Waals surface area (Å²) in [5.74, 6) is 0.875. The number of hydrogen-bond acceptors (Lipinski definition) is 4. The first-order chi connectivity index (χ1) is 10.7. The molecule has 2 aromatic rings. The van der Waals surface area contributed by atoms with Crippen molar-refractivity contribution in [2.24, 2.45) is 0 Å². The normalized spacial score (nSPS) is 12.9. The highest BCUT2D eigenvalue weighted by Gasteiger charge is 2.13. The first-order valence-corrected chi connectivity index (χ1v) is 7.56. The van der Waals surface area contributed by atoms with E-state index in [0.29, 0.717) is 17.8 Å². The fourth-order valence-electron chi connectivity index (χ4n) is 2.65. The van der Waals surface area contributed by atoms with Crippen molar-refractivity contribution in [3.8, 4) is 0 Å². The number of halogens is 2. The van der Waals surface area contributed by atoms with Crippen LogP contribution < -0.4 is 16.0 Å². The molecule has 1 aliphatic rings. The monoisotopic (exact) mass is 368 g/mol. The van der Waals surface area contributed by atoms with Gasteiger partial charge in [-0.1, -0.05) is 6.07 Å². The van der Waals surface area contributed by atoms with Crippen molar-refractivity contribution < 1.29 is 4.79 Å². The molecule has 1 amide bonds. The van der Waals surface area contributed by atoms with Crippen LogP contribution in [0.15, 0.2) is 42.6 Å². The third-order valence-electron chi connectivity index (χ3n) is 3.84. The lowest BCUT2D eigenvalue weighted by atomic mass is 10.2. The van der Waals surface area contributed by atoms with Crippen LogP contribution in [0.4, 0.5) is 11.5 Å². The highest BCUT2D eigenvalue weighted by molar-refractivity contribution is 5.94. The van der Waals surface area contributed by atoms with Gasteiger partial charge in [-0.15, -0.1) is 24.8 Å². The van der Waals surface area contributed by atoms with Gasteiger partial charge in [0.15, 0.2) is 0 Å². The Balaban J connectivity index is 0.00000144. The number of benzene rings is 1. The molecule has 1 aromatic carbocycles. The van der Waals surface area contributed by atoms with Crippen molar-refractivity contribution in [1.82, 2.24) is 10.3 Å². The van der Waals surface area contributed by atoms with Crippen molar-refractivity contribution in [1.29, 1.82) is 0 Å². The largest absolute Gasteiger partial charge is 0.399 e. The van der Waals surface area contributed by atoms with Gasteiger partial charge in [0.25, 0.3) is 5.91 Å². The number of hydrogen-bond donors (Lipinski definition) is 2. The number of nitrogens with one attached hydrogen (secondary N) is 1. The first-order valence-electron chi connectivity index (χ1n) is 7.56. The van der Waals surface area contributed by atoms with E-state index in [0.717, 1.165) is 24.5 Å². The third kappa shape index (κ3) is 5.01. The summed E-state index contributed by atoms with van der Waals surface area (Å²) in [6.45, 7) is 2.61. The molecule has 24 heavy (non-hydrogen) atoms.